The Bertz CT molecular complexity index is 782. The van der Waals surface area contributed by atoms with E-state index in [1.54, 1.807) is 11.1 Å². The van der Waals surface area contributed by atoms with Crippen LogP contribution >= 0.6 is 0 Å². The number of carbonyl (C=O) groups is 2. The minimum absolute atomic E-state index is 0.0605. The summed E-state index contributed by atoms with van der Waals surface area (Å²) in [6.07, 6.45) is 3.80. The van der Waals surface area contributed by atoms with Gasteiger partial charge < -0.3 is 15.3 Å². The topological polar surface area (TPSA) is 82.5 Å². The largest absolute Gasteiger partial charge is 0.481 e. The van der Waals surface area contributed by atoms with Crippen LogP contribution in [-0.4, -0.2) is 40.1 Å². The van der Waals surface area contributed by atoms with E-state index in [0.717, 1.165) is 18.5 Å². The summed E-state index contributed by atoms with van der Waals surface area (Å²) < 4.78 is 0. The van der Waals surface area contributed by atoms with Gasteiger partial charge in [-0.2, -0.15) is 0 Å². The molecule has 1 aliphatic heterocycles. The number of aliphatic carboxylic acids is 1. The molecule has 1 saturated heterocycles. The Hall–Kier alpha value is -2.89. The molecule has 0 saturated carbocycles. The lowest BCUT2D eigenvalue weighted by Crippen LogP contribution is -2.49. The number of aromatic nitrogens is 1. The molecule has 6 heteroatoms. The van der Waals surface area contributed by atoms with E-state index in [1.165, 1.54) is 5.56 Å². The summed E-state index contributed by atoms with van der Waals surface area (Å²) in [7, 11) is 0. The molecular weight excluding hydrogens is 354 g/mol. The predicted octanol–water partition coefficient (Wildman–Crippen LogP) is 3.51. The van der Waals surface area contributed by atoms with Gasteiger partial charge in [-0.15, -0.1) is 0 Å². The molecule has 1 aromatic carbocycles. The minimum atomic E-state index is -0.776. The molecule has 2 heterocycles. The zero-order valence-corrected chi connectivity index (χ0v) is 16.1. The van der Waals surface area contributed by atoms with Crippen LogP contribution in [0.2, 0.25) is 0 Å². The first-order valence-corrected chi connectivity index (χ1v) is 9.77. The molecule has 28 heavy (non-hydrogen) atoms. The van der Waals surface area contributed by atoms with Crippen molar-refractivity contribution in [3.63, 3.8) is 0 Å². The molecule has 3 atom stereocenters. The molecule has 1 aromatic heterocycles. The van der Waals surface area contributed by atoms with Gasteiger partial charge in [-0.3, -0.25) is 9.78 Å². The fourth-order valence-corrected chi connectivity index (χ4v) is 3.77. The van der Waals surface area contributed by atoms with Crippen LogP contribution in [-0.2, 0) is 11.2 Å². The molecule has 6 nitrogen and oxygen atoms in total. The number of urea groups is 1. The molecular formula is C22H27N3O3. The summed E-state index contributed by atoms with van der Waals surface area (Å²) >= 11 is 0. The quantitative estimate of drug-likeness (QED) is 0.802. The first-order chi connectivity index (χ1) is 13.5. The number of piperidine rings is 1. The fraction of sp³-hybridized carbons (Fsp3) is 0.409. The van der Waals surface area contributed by atoms with Crippen LogP contribution in [0.1, 0.15) is 37.1 Å². The molecule has 0 spiro atoms. The van der Waals surface area contributed by atoms with Crippen LogP contribution in [0.3, 0.4) is 0 Å². The average Bonchev–Trinajstić information content (AvgIpc) is 2.72. The smallest absolute Gasteiger partial charge is 0.317 e. The molecule has 1 aliphatic rings. The van der Waals surface area contributed by atoms with E-state index in [4.69, 9.17) is 0 Å². The first kappa shape index (κ1) is 19.9. The van der Waals surface area contributed by atoms with Gasteiger partial charge in [0.15, 0.2) is 0 Å². The van der Waals surface area contributed by atoms with E-state index in [9.17, 15) is 14.7 Å². The standard InChI is InChI=1S/C22H27N3O3/c1-16-15-25(14-12-18(16)21(26)27)22(28)24-20(19-9-5-6-13-23-19)11-10-17-7-3-2-4-8-17/h2-9,13,16,18,20H,10-12,14-15H2,1H3,(H,24,28)(H,26,27). The van der Waals surface area contributed by atoms with Crippen LogP contribution in [0.15, 0.2) is 54.7 Å². The van der Waals surface area contributed by atoms with Crippen molar-refractivity contribution in [2.45, 2.75) is 32.2 Å². The normalized spacial score (nSPS) is 20.4. The van der Waals surface area contributed by atoms with Gasteiger partial charge in [0.2, 0.25) is 0 Å². The first-order valence-electron chi connectivity index (χ1n) is 9.77. The Morgan fingerprint density at radius 3 is 2.61 bits per heavy atom. The van der Waals surface area contributed by atoms with Crippen molar-refractivity contribution in [3.05, 3.63) is 66.0 Å². The average molecular weight is 381 g/mol. The van der Waals surface area contributed by atoms with Gasteiger partial charge in [-0.05, 0) is 42.9 Å². The lowest BCUT2D eigenvalue weighted by Gasteiger charge is -2.35. The van der Waals surface area contributed by atoms with Crippen LogP contribution in [0.4, 0.5) is 4.79 Å². The number of pyridine rings is 1. The van der Waals surface area contributed by atoms with Crippen LogP contribution in [0, 0.1) is 11.8 Å². The molecule has 2 aromatic rings. The van der Waals surface area contributed by atoms with Gasteiger partial charge in [0.25, 0.3) is 0 Å². The summed E-state index contributed by atoms with van der Waals surface area (Å²) in [5, 5.41) is 12.4. The number of hydrogen-bond acceptors (Lipinski definition) is 3. The van der Waals surface area contributed by atoms with Gasteiger partial charge in [-0.25, -0.2) is 4.79 Å². The van der Waals surface area contributed by atoms with Gasteiger partial charge in [-0.1, -0.05) is 43.3 Å². The molecule has 2 amide bonds. The van der Waals surface area contributed by atoms with Crippen LogP contribution < -0.4 is 5.32 Å². The summed E-state index contributed by atoms with van der Waals surface area (Å²) in [6, 6.07) is 15.5. The summed E-state index contributed by atoms with van der Waals surface area (Å²) in [5.74, 6) is -1.22. The third-order valence-electron chi connectivity index (χ3n) is 5.42. The SMILES string of the molecule is CC1CN(C(=O)NC(CCc2ccccc2)c2ccccn2)CCC1C(=O)O. The highest BCUT2D eigenvalue weighted by Gasteiger charge is 2.33. The monoisotopic (exact) mass is 381 g/mol. The molecule has 3 unspecified atom stereocenters. The number of amides is 2. The van der Waals surface area contributed by atoms with Gasteiger partial charge in [0.1, 0.15) is 0 Å². The summed E-state index contributed by atoms with van der Waals surface area (Å²) in [4.78, 5) is 30.3. The van der Waals surface area contributed by atoms with E-state index < -0.39 is 5.97 Å². The maximum Gasteiger partial charge on any atom is 0.317 e. The number of carboxylic acid groups (broad SMARTS) is 1. The van der Waals surface area contributed by atoms with Gasteiger partial charge >= 0.3 is 12.0 Å². The second kappa shape index (κ2) is 9.35. The number of carbonyl (C=O) groups excluding carboxylic acids is 1. The number of carboxylic acids is 1. The Kier molecular flexibility index (Phi) is 6.63. The highest BCUT2D eigenvalue weighted by molar-refractivity contribution is 5.76. The van der Waals surface area contributed by atoms with E-state index >= 15 is 0 Å². The summed E-state index contributed by atoms with van der Waals surface area (Å²) in [6.45, 7) is 2.81. The van der Waals surface area contributed by atoms with Crippen molar-refractivity contribution < 1.29 is 14.7 Å². The van der Waals surface area contributed by atoms with E-state index in [-0.39, 0.29) is 23.9 Å². The van der Waals surface area contributed by atoms with Crippen LogP contribution in [0.25, 0.3) is 0 Å². The Labute approximate surface area is 165 Å². The number of rotatable bonds is 6. The number of nitrogens with zero attached hydrogens (tertiary/aromatic N) is 2. The number of nitrogens with one attached hydrogen (secondary N) is 1. The van der Waals surface area contributed by atoms with E-state index in [1.807, 2.05) is 43.3 Å². The Balaban J connectivity index is 1.65. The third-order valence-corrected chi connectivity index (χ3v) is 5.42. The van der Waals surface area contributed by atoms with Crippen molar-refractivity contribution in [1.29, 1.82) is 0 Å². The number of likely N-dealkylation sites (tertiary alicyclic amines) is 1. The molecule has 2 N–H and O–H groups in total. The maximum absolute atomic E-state index is 12.9. The molecule has 3 rings (SSSR count). The Morgan fingerprint density at radius 1 is 1.21 bits per heavy atom. The number of aryl methyl sites for hydroxylation is 1. The second-order valence-electron chi connectivity index (χ2n) is 7.44. The van der Waals surface area contributed by atoms with Crippen molar-refractivity contribution in [2.75, 3.05) is 13.1 Å². The van der Waals surface area contributed by atoms with Crippen molar-refractivity contribution in [3.8, 4) is 0 Å². The van der Waals surface area contributed by atoms with E-state index in [2.05, 4.69) is 22.4 Å². The lowest BCUT2D eigenvalue weighted by molar-refractivity contribution is -0.145. The van der Waals surface area contributed by atoms with Crippen molar-refractivity contribution >= 4 is 12.0 Å². The minimum Gasteiger partial charge on any atom is -0.481 e. The zero-order valence-electron chi connectivity index (χ0n) is 16.1. The van der Waals surface area contributed by atoms with Crippen molar-refractivity contribution in [1.82, 2.24) is 15.2 Å². The molecule has 148 valence electrons. The molecule has 1 fully saturated rings. The van der Waals surface area contributed by atoms with Crippen LogP contribution in [0.5, 0.6) is 0 Å². The van der Waals surface area contributed by atoms with E-state index in [0.29, 0.717) is 19.5 Å². The van der Waals surface area contributed by atoms with Gasteiger partial charge in [0.05, 0.1) is 17.7 Å². The van der Waals surface area contributed by atoms with Gasteiger partial charge in [0, 0.05) is 19.3 Å². The second-order valence-corrected chi connectivity index (χ2v) is 7.44. The highest BCUT2D eigenvalue weighted by Crippen LogP contribution is 2.24. The highest BCUT2D eigenvalue weighted by atomic mass is 16.4. The zero-order chi connectivity index (χ0) is 19.9. The third kappa shape index (κ3) is 5.09. The fourth-order valence-electron chi connectivity index (χ4n) is 3.77. The lowest BCUT2D eigenvalue weighted by atomic mass is 9.87. The number of benzene rings is 1. The summed E-state index contributed by atoms with van der Waals surface area (Å²) in [5.41, 5.74) is 2.05. The molecule has 0 bridgehead atoms. The van der Waals surface area contributed by atoms with Crippen molar-refractivity contribution in [2.24, 2.45) is 11.8 Å². The molecule has 0 radical (unpaired) electrons. The maximum atomic E-state index is 12.9. The predicted molar refractivity (Wildman–Crippen MR) is 107 cm³/mol. The number of hydrogen-bond donors (Lipinski definition) is 2. The Morgan fingerprint density at radius 2 is 1.96 bits per heavy atom. The molecule has 0 aliphatic carbocycles.